The molecule has 0 radical (unpaired) electrons. The molecule has 4 nitrogen and oxygen atoms in total. The minimum absolute atomic E-state index is 0.178. The SMILES string of the molecule is COc1ccccc1C(NN)c1cccc(OC)c1F. The molecule has 0 amide bonds. The molecule has 2 rings (SSSR count). The van der Waals surface area contributed by atoms with Gasteiger partial charge in [-0.05, 0) is 12.1 Å². The van der Waals surface area contributed by atoms with E-state index in [0.29, 0.717) is 11.3 Å². The van der Waals surface area contributed by atoms with Gasteiger partial charge in [-0.3, -0.25) is 5.84 Å². The summed E-state index contributed by atoms with van der Waals surface area (Å²) in [6, 6.07) is 11.7. The second kappa shape index (κ2) is 6.36. The first-order chi connectivity index (χ1) is 9.72. The Balaban J connectivity index is 2.53. The zero-order valence-electron chi connectivity index (χ0n) is 11.4. The summed E-state index contributed by atoms with van der Waals surface area (Å²) in [6.07, 6.45) is 0. The van der Waals surface area contributed by atoms with E-state index in [4.69, 9.17) is 15.3 Å². The minimum atomic E-state index is -0.527. The van der Waals surface area contributed by atoms with Crippen LogP contribution in [0.15, 0.2) is 42.5 Å². The molecule has 0 heterocycles. The number of nitrogens with two attached hydrogens (primary N) is 1. The van der Waals surface area contributed by atoms with Gasteiger partial charge < -0.3 is 9.47 Å². The average molecular weight is 276 g/mol. The molecule has 5 heteroatoms. The number of hydrazine groups is 1. The van der Waals surface area contributed by atoms with Crippen LogP contribution in [0.5, 0.6) is 11.5 Å². The molecule has 0 saturated carbocycles. The maximum atomic E-state index is 14.4. The fourth-order valence-electron chi connectivity index (χ4n) is 2.16. The molecule has 1 unspecified atom stereocenters. The summed E-state index contributed by atoms with van der Waals surface area (Å²) in [5.41, 5.74) is 3.78. The summed E-state index contributed by atoms with van der Waals surface area (Å²) in [4.78, 5) is 0. The van der Waals surface area contributed by atoms with E-state index in [2.05, 4.69) is 5.43 Å². The van der Waals surface area contributed by atoms with Crippen LogP contribution in [0.2, 0.25) is 0 Å². The van der Waals surface area contributed by atoms with Crippen molar-refractivity contribution in [3.8, 4) is 11.5 Å². The van der Waals surface area contributed by atoms with Gasteiger partial charge in [-0.1, -0.05) is 30.3 Å². The smallest absolute Gasteiger partial charge is 0.170 e. The standard InChI is InChI=1S/C15H17FN2O2/c1-19-12-8-4-3-6-10(12)15(18-17)11-7-5-9-13(20-2)14(11)16/h3-9,15,18H,17H2,1-2H3. The van der Waals surface area contributed by atoms with Gasteiger partial charge >= 0.3 is 0 Å². The molecule has 0 spiro atoms. The number of benzene rings is 2. The Labute approximate surface area is 117 Å². The van der Waals surface area contributed by atoms with Gasteiger partial charge in [0.2, 0.25) is 0 Å². The number of hydrogen-bond donors (Lipinski definition) is 2. The maximum Gasteiger partial charge on any atom is 0.170 e. The highest BCUT2D eigenvalue weighted by molar-refractivity contribution is 5.44. The van der Waals surface area contributed by atoms with Crippen LogP contribution in [0, 0.1) is 5.82 Å². The zero-order chi connectivity index (χ0) is 14.5. The van der Waals surface area contributed by atoms with Crippen molar-refractivity contribution >= 4 is 0 Å². The van der Waals surface area contributed by atoms with Gasteiger partial charge in [-0.25, -0.2) is 9.82 Å². The first-order valence-corrected chi connectivity index (χ1v) is 6.14. The van der Waals surface area contributed by atoms with E-state index < -0.39 is 11.9 Å². The van der Waals surface area contributed by atoms with E-state index >= 15 is 0 Å². The Morgan fingerprint density at radius 1 is 0.950 bits per heavy atom. The lowest BCUT2D eigenvalue weighted by Gasteiger charge is -2.20. The van der Waals surface area contributed by atoms with Crippen LogP contribution >= 0.6 is 0 Å². The number of para-hydroxylation sites is 1. The van der Waals surface area contributed by atoms with Gasteiger partial charge in [-0.15, -0.1) is 0 Å². The molecule has 0 aliphatic carbocycles. The van der Waals surface area contributed by atoms with Gasteiger partial charge in [0.05, 0.1) is 20.3 Å². The molecule has 2 aromatic rings. The monoisotopic (exact) mass is 276 g/mol. The summed E-state index contributed by atoms with van der Waals surface area (Å²) in [6.45, 7) is 0. The van der Waals surface area contributed by atoms with E-state index in [1.807, 2.05) is 18.2 Å². The van der Waals surface area contributed by atoms with Crippen LogP contribution in [-0.4, -0.2) is 14.2 Å². The fraction of sp³-hybridized carbons (Fsp3) is 0.200. The predicted octanol–water partition coefficient (Wildman–Crippen LogP) is 2.40. The lowest BCUT2D eigenvalue weighted by molar-refractivity contribution is 0.379. The van der Waals surface area contributed by atoms with Gasteiger partial charge in [-0.2, -0.15) is 0 Å². The van der Waals surface area contributed by atoms with E-state index in [1.165, 1.54) is 7.11 Å². The van der Waals surface area contributed by atoms with Crippen molar-refractivity contribution < 1.29 is 13.9 Å². The van der Waals surface area contributed by atoms with Crippen LogP contribution in [0.3, 0.4) is 0 Å². The minimum Gasteiger partial charge on any atom is -0.496 e. The van der Waals surface area contributed by atoms with E-state index in [9.17, 15) is 4.39 Å². The van der Waals surface area contributed by atoms with Crippen LogP contribution in [0.25, 0.3) is 0 Å². The number of hydrogen-bond acceptors (Lipinski definition) is 4. The van der Waals surface area contributed by atoms with E-state index in [-0.39, 0.29) is 5.75 Å². The highest BCUT2D eigenvalue weighted by atomic mass is 19.1. The quantitative estimate of drug-likeness (QED) is 0.650. The molecule has 1 atom stereocenters. The molecule has 0 bridgehead atoms. The van der Waals surface area contributed by atoms with Crippen molar-refractivity contribution in [2.45, 2.75) is 6.04 Å². The Hall–Kier alpha value is -2.11. The Bertz CT molecular complexity index is 590. The van der Waals surface area contributed by atoms with Crippen LogP contribution < -0.4 is 20.7 Å². The number of nitrogens with one attached hydrogen (secondary N) is 1. The summed E-state index contributed by atoms with van der Waals surface area (Å²) in [5.74, 6) is 5.98. The largest absolute Gasteiger partial charge is 0.496 e. The topological polar surface area (TPSA) is 56.5 Å². The Kier molecular flexibility index (Phi) is 4.55. The van der Waals surface area contributed by atoms with Crippen molar-refractivity contribution in [2.75, 3.05) is 14.2 Å². The molecule has 0 saturated heterocycles. The molecule has 0 aliphatic heterocycles. The van der Waals surface area contributed by atoms with Crippen molar-refractivity contribution in [3.05, 3.63) is 59.4 Å². The number of methoxy groups -OCH3 is 2. The van der Waals surface area contributed by atoms with E-state index in [0.717, 1.165) is 5.56 Å². The summed E-state index contributed by atoms with van der Waals surface area (Å²) >= 11 is 0. The molecular weight excluding hydrogens is 259 g/mol. The molecule has 0 aliphatic rings. The lowest BCUT2D eigenvalue weighted by Crippen LogP contribution is -2.30. The second-order valence-electron chi connectivity index (χ2n) is 4.21. The third-order valence-electron chi connectivity index (χ3n) is 3.14. The van der Waals surface area contributed by atoms with E-state index in [1.54, 1.807) is 31.4 Å². The number of ether oxygens (including phenoxy) is 2. The van der Waals surface area contributed by atoms with Crippen LogP contribution in [0.4, 0.5) is 4.39 Å². The molecule has 3 N–H and O–H groups in total. The fourth-order valence-corrected chi connectivity index (χ4v) is 2.16. The van der Waals surface area contributed by atoms with Crippen LogP contribution in [-0.2, 0) is 0 Å². The normalized spacial score (nSPS) is 12.0. The van der Waals surface area contributed by atoms with Crippen molar-refractivity contribution in [1.82, 2.24) is 5.43 Å². The first kappa shape index (κ1) is 14.3. The summed E-state index contributed by atoms with van der Waals surface area (Å²) in [7, 11) is 2.99. The van der Waals surface area contributed by atoms with Crippen LogP contribution in [0.1, 0.15) is 17.2 Å². The third kappa shape index (κ3) is 2.59. The average Bonchev–Trinajstić information content (AvgIpc) is 2.50. The summed E-state index contributed by atoms with van der Waals surface area (Å²) < 4.78 is 24.7. The number of halogens is 1. The third-order valence-corrected chi connectivity index (χ3v) is 3.14. The number of rotatable bonds is 5. The van der Waals surface area contributed by atoms with Gasteiger partial charge in [0, 0.05) is 11.1 Å². The molecule has 0 fully saturated rings. The Morgan fingerprint density at radius 2 is 1.55 bits per heavy atom. The van der Waals surface area contributed by atoms with Gasteiger partial charge in [0.25, 0.3) is 0 Å². The second-order valence-corrected chi connectivity index (χ2v) is 4.21. The maximum absolute atomic E-state index is 14.4. The van der Waals surface area contributed by atoms with Crippen molar-refractivity contribution in [2.24, 2.45) is 5.84 Å². The molecule has 20 heavy (non-hydrogen) atoms. The first-order valence-electron chi connectivity index (χ1n) is 6.14. The zero-order valence-corrected chi connectivity index (χ0v) is 11.4. The Morgan fingerprint density at radius 3 is 2.20 bits per heavy atom. The predicted molar refractivity (Wildman–Crippen MR) is 75.1 cm³/mol. The van der Waals surface area contributed by atoms with Gasteiger partial charge in [0.1, 0.15) is 5.75 Å². The molecule has 0 aromatic heterocycles. The molecular formula is C15H17FN2O2. The highest BCUT2D eigenvalue weighted by Gasteiger charge is 2.21. The molecule has 106 valence electrons. The van der Waals surface area contributed by atoms with Crippen molar-refractivity contribution in [1.29, 1.82) is 0 Å². The van der Waals surface area contributed by atoms with Gasteiger partial charge in [0.15, 0.2) is 11.6 Å². The lowest BCUT2D eigenvalue weighted by atomic mass is 9.97. The van der Waals surface area contributed by atoms with Crippen molar-refractivity contribution in [3.63, 3.8) is 0 Å². The molecule has 2 aromatic carbocycles. The summed E-state index contributed by atoms with van der Waals surface area (Å²) in [5, 5.41) is 0. The highest BCUT2D eigenvalue weighted by Crippen LogP contribution is 2.33.